The molecule has 2 aliphatic heterocycles. The summed E-state index contributed by atoms with van der Waals surface area (Å²) >= 11 is 1.68. The van der Waals surface area contributed by atoms with Gasteiger partial charge >= 0.3 is 0 Å². The van der Waals surface area contributed by atoms with E-state index in [-0.39, 0.29) is 6.29 Å². The number of fused-ring (bicyclic) bond motifs is 3. The maximum atomic E-state index is 5.07. The third-order valence-corrected chi connectivity index (χ3v) is 7.08. The van der Waals surface area contributed by atoms with Gasteiger partial charge in [-0.3, -0.25) is 4.90 Å². The molecular weight excluding hydrogens is 456 g/mol. The number of hydrogen-bond donors (Lipinski definition) is 1. The summed E-state index contributed by atoms with van der Waals surface area (Å²) in [6.45, 7) is 2.04. The molecule has 0 aliphatic carbocycles. The molecule has 0 saturated carbocycles. The molecule has 9 heteroatoms. The SMILES string of the molecule is Cc1nn(-c2ccccc2)c(-n2cncn2)c1C1=CC(c2cccs2)=NC2Nc3ccccc3N12. The summed E-state index contributed by atoms with van der Waals surface area (Å²) in [7, 11) is 0. The van der Waals surface area contributed by atoms with E-state index < -0.39 is 0 Å². The largest absolute Gasteiger partial charge is 0.345 e. The summed E-state index contributed by atoms with van der Waals surface area (Å²) in [5, 5.41) is 15.1. The van der Waals surface area contributed by atoms with Crippen LogP contribution in [0.25, 0.3) is 17.2 Å². The smallest absolute Gasteiger partial charge is 0.201 e. The second kappa shape index (κ2) is 7.78. The lowest BCUT2D eigenvalue weighted by molar-refractivity contribution is 0.757. The molecule has 2 aliphatic rings. The summed E-state index contributed by atoms with van der Waals surface area (Å²) in [6, 6.07) is 22.6. The van der Waals surface area contributed by atoms with Crippen LogP contribution in [0.15, 0.2) is 95.8 Å². The fourth-order valence-corrected chi connectivity index (χ4v) is 5.40. The maximum Gasteiger partial charge on any atom is 0.201 e. The number of aliphatic imine (C=N–C) groups is 1. The van der Waals surface area contributed by atoms with E-state index in [0.29, 0.717) is 0 Å². The highest BCUT2D eigenvalue weighted by atomic mass is 32.1. The number of nitrogens with one attached hydrogen (secondary N) is 1. The van der Waals surface area contributed by atoms with Crippen molar-refractivity contribution in [3.8, 4) is 11.5 Å². The molecule has 0 saturated heterocycles. The van der Waals surface area contributed by atoms with Crippen molar-refractivity contribution in [1.82, 2.24) is 24.5 Å². The molecule has 170 valence electrons. The van der Waals surface area contributed by atoms with Crippen molar-refractivity contribution in [2.75, 3.05) is 10.2 Å². The Hall–Kier alpha value is -4.50. The summed E-state index contributed by atoms with van der Waals surface area (Å²) in [6.07, 6.45) is 5.16. The van der Waals surface area contributed by atoms with Crippen LogP contribution in [0.4, 0.5) is 11.4 Å². The molecule has 2 aromatic carbocycles. The van der Waals surface area contributed by atoms with E-state index in [2.05, 4.69) is 62.1 Å². The Bertz CT molecular complexity index is 1580. The van der Waals surface area contributed by atoms with Gasteiger partial charge in [0, 0.05) is 0 Å². The van der Waals surface area contributed by atoms with Gasteiger partial charge in [0.15, 0.2) is 5.82 Å². The molecule has 3 aromatic heterocycles. The predicted molar refractivity (Wildman–Crippen MR) is 138 cm³/mol. The van der Waals surface area contributed by atoms with Gasteiger partial charge in [0.2, 0.25) is 6.29 Å². The van der Waals surface area contributed by atoms with Crippen LogP contribution in [0, 0.1) is 6.92 Å². The van der Waals surface area contributed by atoms with Gasteiger partial charge in [-0.15, -0.1) is 11.3 Å². The molecule has 5 aromatic rings. The van der Waals surface area contributed by atoms with Crippen molar-refractivity contribution >= 4 is 34.1 Å². The lowest BCUT2D eigenvalue weighted by Gasteiger charge is -2.31. The highest BCUT2D eigenvalue weighted by Gasteiger charge is 2.37. The normalized spacial score (nSPS) is 16.4. The van der Waals surface area contributed by atoms with Gasteiger partial charge in [0.25, 0.3) is 0 Å². The number of allylic oxidation sites excluding steroid dienone is 1. The van der Waals surface area contributed by atoms with E-state index in [1.54, 1.807) is 28.7 Å². The first-order chi connectivity index (χ1) is 17.3. The van der Waals surface area contributed by atoms with Gasteiger partial charge in [-0.2, -0.15) is 10.2 Å². The lowest BCUT2D eigenvalue weighted by Crippen LogP contribution is -2.37. The summed E-state index contributed by atoms with van der Waals surface area (Å²) in [4.78, 5) is 12.7. The molecular formula is C26H20N8S. The van der Waals surface area contributed by atoms with Crippen LogP contribution in [0.1, 0.15) is 16.1 Å². The molecule has 0 fully saturated rings. The number of para-hydroxylation sites is 3. The van der Waals surface area contributed by atoms with Gasteiger partial charge in [-0.25, -0.2) is 19.3 Å². The van der Waals surface area contributed by atoms with E-state index in [0.717, 1.165) is 50.4 Å². The molecule has 1 atom stereocenters. The number of nitrogens with zero attached hydrogens (tertiary/aromatic N) is 7. The molecule has 5 heterocycles. The van der Waals surface area contributed by atoms with Gasteiger partial charge in [-0.05, 0) is 48.7 Å². The second-order valence-corrected chi connectivity index (χ2v) is 9.25. The Kier molecular flexibility index (Phi) is 4.43. The van der Waals surface area contributed by atoms with E-state index in [1.165, 1.54) is 0 Å². The first kappa shape index (κ1) is 19.9. The molecule has 0 radical (unpaired) electrons. The minimum Gasteiger partial charge on any atom is -0.345 e. The quantitative estimate of drug-likeness (QED) is 0.400. The van der Waals surface area contributed by atoms with E-state index in [1.807, 2.05) is 48.0 Å². The molecule has 8 nitrogen and oxygen atoms in total. The Morgan fingerprint density at radius 3 is 2.63 bits per heavy atom. The summed E-state index contributed by atoms with van der Waals surface area (Å²) in [5.41, 5.74) is 6.90. The van der Waals surface area contributed by atoms with Crippen LogP contribution >= 0.6 is 11.3 Å². The number of hydrogen-bond acceptors (Lipinski definition) is 7. The Morgan fingerprint density at radius 1 is 0.971 bits per heavy atom. The highest BCUT2D eigenvalue weighted by Crippen LogP contribution is 2.44. The number of benzene rings is 2. The number of thiophene rings is 1. The van der Waals surface area contributed by atoms with Crippen LogP contribution in [0.3, 0.4) is 0 Å². The topological polar surface area (TPSA) is 76.2 Å². The van der Waals surface area contributed by atoms with Crippen LogP contribution < -0.4 is 10.2 Å². The molecule has 1 N–H and O–H groups in total. The molecule has 0 bridgehead atoms. The monoisotopic (exact) mass is 476 g/mol. The van der Waals surface area contributed by atoms with Crippen molar-refractivity contribution in [2.24, 2.45) is 4.99 Å². The standard InChI is InChI=1S/C26H20N8S/c1-17-24(25(32-16-27-15-28-32)34(31-17)18-8-3-2-4-9-18)22-14-20(23-12-7-13-35-23)30-26-29-19-10-5-6-11-21(19)33(22)26/h2-16,26,29H,1H3. The summed E-state index contributed by atoms with van der Waals surface area (Å²) in [5.74, 6) is 0.827. The zero-order chi connectivity index (χ0) is 23.4. The van der Waals surface area contributed by atoms with Crippen molar-refractivity contribution in [3.63, 3.8) is 0 Å². The van der Waals surface area contributed by atoms with Gasteiger partial charge in [-0.1, -0.05) is 36.4 Å². The number of anilines is 2. The Morgan fingerprint density at radius 2 is 1.83 bits per heavy atom. The number of rotatable bonds is 4. The van der Waals surface area contributed by atoms with Crippen LogP contribution in [-0.4, -0.2) is 36.5 Å². The molecule has 7 rings (SSSR count). The van der Waals surface area contributed by atoms with Crippen molar-refractivity contribution < 1.29 is 0 Å². The van der Waals surface area contributed by atoms with Crippen molar-refractivity contribution in [1.29, 1.82) is 0 Å². The lowest BCUT2D eigenvalue weighted by atomic mass is 10.1. The third-order valence-electron chi connectivity index (χ3n) is 6.19. The number of aromatic nitrogens is 5. The minimum atomic E-state index is -0.257. The fourth-order valence-electron chi connectivity index (χ4n) is 4.71. The van der Waals surface area contributed by atoms with E-state index in [9.17, 15) is 0 Å². The van der Waals surface area contributed by atoms with Crippen molar-refractivity contribution in [3.05, 3.63) is 107 Å². The molecule has 0 amide bonds. The minimum absolute atomic E-state index is 0.257. The fraction of sp³-hybridized carbons (Fsp3) is 0.0769. The summed E-state index contributed by atoms with van der Waals surface area (Å²) < 4.78 is 3.71. The number of aryl methyl sites for hydroxylation is 1. The first-order valence-corrected chi connectivity index (χ1v) is 12.1. The Labute approximate surface area is 205 Å². The van der Waals surface area contributed by atoms with Crippen LogP contribution in [0.2, 0.25) is 0 Å². The first-order valence-electron chi connectivity index (χ1n) is 11.3. The highest BCUT2D eigenvalue weighted by molar-refractivity contribution is 7.12. The Balaban J connectivity index is 1.50. The molecule has 0 spiro atoms. The van der Waals surface area contributed by atoms with Gasteiger partial charge in [0.1, 0.15) is 12.7 Å². The predicted octanol–water partition coefficient (Wildman–Crippen LogP) is 4.88. The molecule has 35 heavy (non-hydrogen) atoms. The zero-order valence-corrected chi connectivity index (χ0v) is 19.6. The average molecular weight is 477 g/mol. The van der Waals surface area contributed by atoms with Crippen LogP contribution in [-0.2, 0) is 0 Å². The van der Waals surface area contributed by atoms with E-state index in [4.69, 9.17) is 10.1 Å². The zero-order valence-electron chi connectivity index (χ0n) is 18.8. The van der Waals surface area contributed by atoms with Gasteiger partial charge in [0.05, 0.1) is 44.6 Å². The van der Waals surface area contributed by atoms with Gasteiger partial charge < -0.3 is 5.32 Å². The van der Waals surface area contributed by atoms with Crippen molar-refractivity contribution in [2.45, 2.75) is 13.2 Å². The second-order valence-electron chi connectivity index (χ2n) is 8.30. The maximum absolute atomic E-state index is 5.07. The van der Waals surface area contributed by atoms with E-state index >= 15 is 0 Å². The third kappa shape index (κ3) is 3.12. The van der Waals surface area contributed by atoms with Crippen LogP contribution in [0.5, 0.6) is 0 Å². The average Bonchev–Trinajstić information content (AvgIpc) is 3.69. The molecule has 1 unspecified atom stereocenters.